The molecule has 21 heavy (non-hydrogen) atoms. The number of amides is 1. The minimum absolute atomic E-state index is 0.0225. The summed E-state index contributed by atoms with van der Waals surface area (Å²) in [6, 6.07) is 5.98. The molecule has 3 heteroatoms. The molecule has 1 aromatic carbocycles. The lowest BCUT2D eigenvalue weighted by Crippen LogP contribution is -2.53. The van der Waals surface area contributed by atoms with Crippen molar-refractivity contribution >= 4 is 5.91 Å². The second kappa shape index (κ2) is 6.61. The van der Waals surface area contributed by atoms with E-state index in [-0.39, 0.29) is 11.4 Å². The van der Waals surface area contributed by atoms with E-state index in [9.17, 15) is 4.79 Å². The molecule has 1 aliphatic heterocycles. The largest absolute Gasteiger partial charge is 0.350 e. The number of rotatable bonds is 4. The van der Waals surface area contributed by atoms with Crippen LogP contribution in [0.25, 0.3) is 0 Å². The van der Waals surface area contributed by atoms with Crippen LogP contribution in [-0.4, -0.2) is 36.0 Å². The number of carbonyl (C=O) groups is 1. The predicted molar refractivity (Wildman–Crippen MR) is 87.8 cm³/mol. The van der Waals surface area contributed by atoms with Gasteiger partial charge in [0, 0.05) is 17.6 Å². The Bertz CT molecular complexity index is 502. The minimum atomic E-state index is 0.0225. The first kappa shape index (κ1) is 16.0. The van der Waals surface area contributed by atoms with Crippen LogP contribution in [0.5, 0.6) is 0 Å². The first-order valence-electron chi connectivity index (χ1n) is 8.01. The number of nitrogens with one attached hydrogen (secondary N) is 1. The predicted octanol–water partition coefficient (Wildman–Crippen LogP) is 3.30. The van der Waals surface area contributed by atoms with Crippen LogP contribution in [-0.2, 0) is 0 Å². The molecule has 1 saturated heterocycles. The van der Waals surface area contributed by atoms with Gasteiger partial charge in [-0.2, -0.15) is 0 Å². The standard InChI is InChI=1S/C18H28N2O/c1-14-8-9-16(15(2)12-14)17(21)19-13-18(3,4)20-10-6-5-7-11-20/h8-9,12H,5-7,10-11,13H2,1-4H3,(H,19,21). The van der Waals surface area contributed by atoms with Crippen LogP contribution < -0.4 is 5.32 Å². The van der Waals surface area contributed by atoms with Crippen molar-refractivity contribution in [3.05, 3.63) is 34.9 Å². The zero-order chi connectivity index (χ0) is 15.5. The molecule has 1 aromatic rings. The van der Waals surface area contributed by atoms with Gasteiger partial charge in [-0.05, 0) is 65.3 Å². The average Bonchev–Trinajstić information content (AvgIpc) is 2.46. The van der Waals surface area contributed by atoms with Gasteiger partial charge in [0.2, 0.25) is 0 Å². The Morgan fingerprint density at radius 2 is 1.86 bits per heavy atom. The van der Waals surface area contributed by atoms with Gasteiger partial charge >= 0.3 is 0 Å². The summed E-state index contributed by atoms with van der Waals surface area (Å²) in [7, 11) is 0. The molecule has 2 rings (SSSR count). The van der Waals surface area contributed by atoms with Crippen molar-refractivity contribution in [1.29, 1.82) is 0 Å². The number of nitrogens with zero attached hydrogens (tertiary/aromatic N) is 1. The molecule has 0 saturated carbocycles. The second-order valence-corrected chi connectivity index (χ2v) is 6.86. The lowest BCUT2D eigenvalue weighted by atomic mass is 9.98. The summed E-state index contributed by atoms with van der Waals surface area (Å²) in [5.41, 5.74) is 3.05. The van der Waals surface area contributed by atoms with E-state index in [4.69, 9.17) is 0 Å². The monoisotopic (exact) mass is 288 g/mol. The number of likely N-dealkylation sites (tertiary alicyclic amines) is 1. The van der Waals surface area contributed by atoms with Crippen molar-refractivity contribution in [1.82, 2.24) is 10.2 Å². The maximum Gasteiger partial charge on any atom is 0.251 e. The van der Waals surface area contributed by atoms with Crippen molar-refractivity contribution < 1.29 is 4.79 Å². The zero-order valence-corrected chi connectivity index (χ0v) is 13.8. The molecular weight excluding hydrogens is 260 g/mol. The molecule has 1 amide bonds. The normalized spacial score (nSPS) is 16.8. The fourth-order valence-corrected chi connectivity index (χ4v) is 3.07. The highest BCUT2D eigenvalue weighted by atomic mass is 16.1. The van der Waals surface area contributed by atoms with E-state index in [0.29, 0.717) is 6.54 Å². The van der Waals surface area contributed by atoms with Crippen LogP contribution in [0.4, 0.5) is 0 Å². The van der Waals surface area contributed by atoms with Gasteiger partial charge in [0.05, 0.1) is 0 Å². The van der Waals surface area contributed by atoms with E-state index >= 15 is 0 Å². The highest BCUT2D eigenvalue weighted by molar-refractivity contribution is 5.95. The first-order valence-corrected chi connectivity index (χ1v) is 8.01. The lowest BCUT2D eigenvalue weighted by molar-refractivity contribution is 0.0797. The van der Waals surface area contributed by atoms with E-state index in [1.165, 1.54) is 24.8 Å². The Balaban J connectivity index is 1.96. The van der Waals surface area contributed by atoms with Crippen molar-refractivity contribution in [3.63, 3.8) is 0 Å². The summed E-state index contributed by atoms with van der Waals surface area (Å²) < 4.78 is 0. The van der Waals surface area contributed by atoms with E-state index in [1.807, 2.05) is 26.0 Å². The summed E-state index contributed by atoms with van der Waals surface area (Å²) in [6.07, 6.45) is 3.88. The van der Waals surface area contributed by atoms with Gasteiger partial charge in [-0.3, -0.25) is 9.69 Å². The SMILES string of the molecule is Cc1ccc(C(=O)NCC(C)(C)N2CCCCC2)c(C)c1. The van der Waals surface area contributed by atoms with Crippen LogP contribution in [0.2, 0.25) is 0 Å². The van der Waals surface area contributed by atoms with Gasteiger partial charge in [-0.25, -0.2) is 0 Å². The fraction of sp³-hybridized carbons (Fsp3) is 0.611. The Hall–Kier alpha value is -1.35. The number of benzene rings is 1. The molecule has 1 aliphatic rings. The van der Waals surface area contributed by atoms with Crippen LogP contribution >= 0.6 is 0 Å². The smallest absolute Gasteiger partial charge is 0.251 e. The molecule has 0 bridgehead atoms. The van der Waals surface area contributed by atoms with Gasteiger partial charge in [-0.1, -0.05) is 24.1 Å². The molecule has 0 unspecified atom stereocenters. The Morgan fingerprint density at radius 1 is 1.19 bits per heavy atom. The van der Waals surface area contributed by atoms with Crippen LogP contribution in [0.15, 0.2) is 18.2 Å². The lowest BCUT2D eigenvalue weighted by Gasteiger charge is -2.41. The second-order valence-electron chi connectivity index (χ2n) is 6.86. The minimum Gasteiger partial charge on any atom is -0.350 e. The summed E-state index contributed by atoms with van der Waals surface area (Å²) in [5, 5.41) is 3.12. The van der Waals surface area contributed by atoms with E-state index in [0.717, 1.165) is 24.2 Å². The summed E-state index contributed by atoms with van der Waals surface area (Å²) in [5.74, 6) is 0.0394. The van der Waals surface area contributed by atoms with Crippen LogP contribution in [0.1, 0.15) is 54.6 Å². The van der Waals surface area contributed by atoms with Crippen LogP contribution in [0.3, 0.4) is 0 Å². The third-order valence-corrected chi connectivity index (χ3v) is 4.52. The number of hydrogen-bond acceptors (Lipinski definition) is 2. The van der Waals surface area contributed by atoms with Gasteiger partial charge < -0.3 is 5.32 Å². The Morgan fingerprint density at radius 3 is 2.48 bits per heavy atom. The third kappa shape index (κ3) is 4.07. The zero-order valence-electron chi connectivity index (χ0n) is 13.8. The first-order chi connectivity index (χ1) is 9.90. The van der Waals surface area contributed by atoms with Crippen molar-refractivity contribution in [3.8, 4) is 0 Å². The topological polar surface area (TPSA) is 32.3 Å². The number of aryl methyl sites for hydroxylation is 2. The molecule has 3 nitrogen and oxygen atoms in total. The Kier molecular flexibility index (Phi) is 5.04. The quantitative estimate of drug-likeness (QED) is 0.922. The number of carbonyl (C=O) groups excluding carboxylic acids is 1. The van der Waals surface area contributed by atoms with Crippen LogP contribution in [0, 0.1) is 13.8 Å². The van der Waals surface area contributed by atoms with E-state index in [1.54, 1.807) is 0 Å². The highest BCUT2D eigenvalue weighted by Gasteiger charge is 2.28. The van der Waals surface area contributed by atoms with Crippen molar-refractivity contribution in [2.75, 3.05) is 19.6 Å². The Labute approximate surface area is 128 Å². The molecule has 0 aromatic heterocycles. The summed E-state index contributed by atoms with van der Waals surface area (Å²) in [4.78, 5) is 14.9. The van der Waals surface area contributed by atoms with Crippen molar-refractivity contribution in [2.45, 2.75) is 52.5 Å². The molecular formula is C18H28N2O. The highest BCUT2D eigenvalue weighted by Crippen LogP contribution is 2.20. The molecule has 0 spiro atoms. The summed E-state index contributed by atoms with van der Waals surface area (Å²) >= 11 is 0. The van der Waals surface area contributed by atoms with E-state index < -0.39 is 0 Å². The maximum atomic E-state index is 12.4. The molecule has 116 valence electrons. The van der Waals surface area contributed by atoms with Gasteiger partial charge in [-0.15, -0.1) is 0 Å². The molecule has 1 fully saturated rings. The molecule has 0 atom stereocenters. The molecule has 1 N–H and O–H groups in total. The molecule has 0 radical (unpaired) electrons. The maximum absolute atomic E-state index is 12.4. The third-order valence-electron chi connectivity index (χ3n) is 4.52. The number of hydrogen-bond donors (Lipinski definition) is 1. The molecule has 0 aliphatic carbocycles. The van der Waals surface area contributed by atoms with Gasteiger partial charge in [0.15, 0.2) is 0 Å². The van der Waals surface area contributed by atoms with Gasteiger partial charge in [0.1, 0.15) is 0 Å². The van der Waals surface area contributed by atoms with E-state index in [2.05, 4.69) is 30.1 Å². The average molecular weight is 288 g/mol. The number of piperidine rings is 1. The van der Waals surface area contributed by atoms with Crippen molar-refractivity contribution in [2.24, 2.45) is 0 Å². The van der Waals surface area contributed by atoms with Gasteiger partial charge in [0.25, 0.3) is 5.91 Å². The molecule has 1 heterocycles. The summed E-state index contributed by atoms with van der Waals surface area (Å²) in [6.45, 7) is 11.5. The fourth-order valence-electron chi connectivity index (χ4n) is 3.07.